The number of phenolic OH excluding ortho intramolecular Hbond substituents is 1. The first-order valence-corrected chi connectivity index (χ1v) is 5.98. The van der Waals surface area contributed by atoms with E-state index in [4.69, 9.17) is 23.2 Å². The van der Waals surface area contributed by atoms with Gasteiger partial charge in [-0.2, -0.15) is 0 Å². The number of urea groups is 1. The van der Waals surface area contributed by atoms with Crippen LogP contribution in [0, 0.1) is 0 Å². The van der Waals surface area contributed by atoms with Crippen LogP contribution in [-0.2, 0) is 0 Å². The van der Waals surface area contributed by atoms with Crippen LogP contribution in [-0.4, -0.2) is 16.1 Å². The smallest absolute Gasteiger partial charge is 0.323 e. The highest BCUT2D eigenvalue weighted by Gasteiger charge is 2.09. The molecule has 0 saturated carbocycles. The fourth-order valence-corrected chi connectivity index (χ4v) is 1.85. The lowest BCUT2D eigenvalue weighted by molar-refractivity contribution is 0.262. The number of phenols is 1. The van der Waals surface area contributed by atoms with Crippen LogP contribution >= 0.6 is 23.2 Å². The summed E-state index contributed by atoms with van der Waals surface area (Å²) >= 11 is 11.5. The molecule has 0 radical (unpaired) electrons. The molecule has 0 bridgehead atoms. The minimum atomic E-state index is -0.455. The van der Waals surface area contributed by atoms with Crippen molar-refractivity contribution < 1.29 is 9.90 Å². The number of carbonyl (C=O) groups is 1. The number of amides is 2. The zero-order valence-corrected chi connectivity index (χ0v) is 11.0. The molecule has 0 fully saturated rings. The van der Waals surface area contributed by atoms with Crippen LogP contribution in [0.25, 0.3) is 0 Å². The number of carbonyl (C=O) groups excluding carboxylic acids is 1. The average molecular weight is 298 g/mol. The van der Waals surface area contributed by atoms with Gasteiger partial charge in [0.1, 0.15) is 0 Å². The number of aromatic nitrogens is 1. The van der Waals surface area contributed by atoms with Crippen molar-refractivity contribution in [3.05, 3.63) is 46.7 Å². The van der Waals surface area contributed by atoms with Crippen molar-refractivity contribution in [1.82, 2.24) is 4.98 Å². The zero-order valence-electron chi connectivity index (χ0n) is 9.52. The summed E-state index contributed by atoms with van der Waals surface area (Å²) in [5, 5.41) is 14.7. The normalized spacial score (nSPS) is 10.0. The largest absolute Gasteiger partial charge is 0.505 e. The molecular weight excluding hydrogens is 289 g/mol. The van der Waals surface area contributed by atoms with Crippen LogP contribution in [0.2, 0.25) is 10.0 Å². The van der Waals surface area contributed by atoms with E-state index in [-0.39, 0.29) is 15.8 Å². The lowest BCUT2D eigenvalue weighted by Crippen LogP contribution is -2.19. The van der Waals surface area contributed by atoms with Crippen LogP contribution in [0.15, 0.2) is 36.7 Å². The van der Waals surface area contributed by atoms with Crippen molar-refractivity contribution in [3.8, 4) is 5.75 Å². The number of pyridine rings is 1. The number of nitrogens with zero attached hydrogens (tertiary/aromatic N) is 1. The third-order valence-electron chi connectivity index (χ3n) is 2.21. The quantitative estimate of drug-likeness (QED) is 0.739. The molecule has 7 heteroatoms. The summed E-state index contributed by atoms with van der Waals surface area (Å²) in [5.74, 6) is -0.219. The van der Waals surface area contributed by atoms with Crippen LogP contribution in [0.1, 0.15) is 0 Å². The van der Waals surface area contributed by atoms with Crippen molar-refractivity contribution in [2.45, 2.75) is 0 Å². The Morgan fingerprint density at radius 2 is 1.58 bits per heavy atom. The van der Waals surface area contributed by atoms with Gasteiger partial charge in [-0.3, -0.25) is 4.98 Å². The standard InChI is InChI=1S/C12H9Cl2N3O2/c13-9-5-8(6-10(14)11(9)18)17-12(19)16-7-1-3-15-4-2-7/h1-6,18H,(H2,15,16,17,19). The minimum Gasteiger partial charge on any atom is -0.505 e. The van der Waals surface area contributed by atoms with Gasteiger partial charge in [-0.1, -0.05) is 23.2 Å². The van der Waals surface area contributed by atoms with E-state index in [1.807, 2.05) is 0 Å². The molecule has 0 aliphatic carbocycles. The Labute approximate surface area is 119 Å². The molecule has 1 aromatic carbocycles. The summed E-state index contributed by atoms with van der Waals surface area (Å²) in [6.07, 6.45) is 3.12. The first-order valence-electron chi connectivity index (χ1n) is 5.22. The second-order valence-electron chi connectivity index (χ2n) is 3.60. The van der Waals surface area contributed by atoms with E-state index in [0.29, 0.717) is 11.4 Å². The van der Waals surface area contributed by atoms with Gasteiger partial charge in [0.15, 0.2) is 5.75 Å². The lowest BCUT2D eigenvalue weighted by atomic mass is 10.3. The third-order valence-corrected chi connectivity index (χ3v) is 2.79. The molecule has 2 amide bonds. The Morgan fingerprint density at radius 1 is 1.05 bits per heavy atom. The number of halogens is 2. The highest BCUT2D eigenvalue weighted by Crippen LogP contribution is 2.34. The number of hydrogen-bond donors (Lipinski definition) is 3. The summed E-state index contributed by atoms with van der Waals surface area (Å²) < 4.78 is 0. The van der Waals surface area contributed by atoms with Gasteiger partial charge in [0.2, 0.25) is 0 Å². The SMILES string of the molecule is O=C(Nc1ccncc1)Nc1cc(Cl)c(O)c(Cl)c1. The molecule has 0 atom stereocenters. The van der Waals surface area contributed by atoms with Crippen molar-refractivity contribution in [2.24, 2.45) is 0 Å². The molecule has 98 valence electrons. The maximum atomic E-state index is 11.7. The van der Waals surface area contributed by atoms with Crippen LogP contribution in [0.5, 0.6) is 5.75 Å². The first kappa shape index (κ1) is 13.5. The van der Waals surface area contributed by atoms with Gasteiger partial charge in [-0.05, 0) is 24.3 Å². The summed E-state index contributed by atoms with van der Waals surface area (Å²) in [4.78, 5) is 15.5. The lowest BCUT2D eigenvalue weighted by Gasteiger charge is -2.09. The molecule has 0 unspecified atom stereocenters. The Bertz CT molecular complexity index is 582. The Hall–Kier alpha value is -1.98. The molecule has 0 spiro atoms. The molecule has 0 saturated heterocycles. The van der Waals surface area contributed by atoms with Crippen LogP contribution in [0.4, 0.5) is 16.2 Å². The molecule has 1 heterocycles. The average Bonchev–Trinajstić information content (AvgIpc) is 2.37. The second kappa shape index (κ2) is 5.77. The predicted molar refractivity (Wildman–Crippen MR) is 75.0 cm³/mol. The fourth-order valence-electron chi connectivity index (χ4n) is 1.37. The van der Waals surface area contributed by atoms with E-state index in [2.05, 4.69) is 15.6 Å². The van der Waals surface area contributed by atoms with E-state index >= 15 is 0 Å². The third kappa shape index (κ3) is 3.49. The summed E-state index contributed by atoms with van der Waals surface area (Å²) in [5.41, 5.74) is 0.975. The predicted octanol–water partition coefficient (Wildman–Crippen LogP) is 3.74. The molecule has 2 rings (SSSR count). The molecule has 0 aliphatic heterocycles. The van der Waals surface area contributed by atoms with Gasteiger partial charge >= 0.3 is 6.03 Å². The van der Waals surface area contributed by atoms with E-state index in [0.717, 1.165) is 0 Å². The highest BCUT2D eigenvalue weighted by atomic mass is 35.5. The maximum absolute atomic E-state index is 11.7. The highest BCUT2D eigenvalue weighted by molar-refractivity contribution is 6.37. The monoisotopic (exact) mass is 297 g/mol. The van der Waals surface area contributed by atoms with E-state index in [1.54, 1.807) is 24.5 Å². The molecule has 3 N–H and O–H groups in total. The van der Waals surface area contributed by atoms with Gasteiger partial charge in [0, 0.05) is 23.8 Å². The Kier molecular flexibility index (Phi) is 4.09. The molecule has 2 aromatic rings. The number of anilines is 2. The Morgan fingerprint density at radius 3 is 2.16 bits per heavy atom. The van der Waals surface area contributed by atoms with Gasteiger partial charge in [0.25, 0.3) is 0 Å². The number of benzene rings is 1. The topological polar surface area (TPSA) is 74.2 Å². The first-order chi connectivity index (χ1) is 9.06. The number of hydrogen-bond acceptors (Lipinski definition) is 3. The van der Waals surface area contributed by atoms with Crippen molar-refractivity contribution in [2.75, 3.05) is 10.6 Å². The summed E-state index contributed by atoms with van der Waals surface area (Å²) in [6, 6.07) is 5.64. The van der Waals surface area contributed by atoms with E-state index in [1.165, 1.54) is 12.1 Å². The summed E-state index contributed by atoms with van der Waals surface area (Å²) in [7, 11) is 0. The maximum Gasteiger partial charge on any atom is 0.323 e. The number of aromatic hydroxyl groups is 1. The second-order valence-corrected chi connectivity index (χ2v) is 4.42. The number of nitrogens with one attached hydrogen (secondary N) is 2. The molecule has 0 aliphatic rings. The van der Waals surface area contributed by atoms with Gasteiger partial charge in [-0.15, -0.1) is 0 Å². The van der Waals surface area contributed by atoms with E-state index in [9.17, 15) is 9.90 Å². The van der Waals surface area contributed by atoms with Crippen molar-refractivity contribution in [3.63, 3.8) is 0 Å². The molecule has 19 heavy (non-hydrogen) atoms. The number of rotatable bonds is 2. The Balaban J connectivity index is 2.07. The van der Waals surface area contributed by atoms with Crippen LogP contribution < -0.4 is 10.6 Å². The molecule has 1 aromatic heterocycles. The summed E-state index contributed by atoms with van der Waals surface area (Å²) in [6.45, 7) is 0. The minimum absolute atomic E-state index is 0.0618. The van der Waals surface area contributed by atoms with Gasteiger partial charge in [-0.25, -0.2) is 4.79 Å². The van der Waals surface area contributed by atoms with Crippen molar-refractivity contribution in [1.29, 1.82) is 0 Å². The van der Waals surface area contributed by atoms with Crippen molar-refractivity contribution >= 4 is 40.6 Å². The fraction of sp³-hybridized carbons (Fsp3) is 0. The van der Waals surface area contributed by atoms with Gasteiger partial charge in [0.05, 0.1) is 10.0 Å². The molecule has 5 nitrogen and oxygen atoms in total. The zero-order chi connectivity index (χ0) is 13.8. The van der Waals surface area contributed by atoms with E-state index < -0.39 is 6.03 Å². The van der Waals surface area contributed by atoms with Gasteiger partial charge < -0.3 is 15.7 Å². The molecular formula is C12H9Cl2N3O2. The van der Waals surface area contributed by atoms with Crippen LogP contribution in [0.3, 0.4) is 0 Å².